The summed E-state index contributed by atoms with van der Waals surface area (Å²) in [6.45, 7) is 8.06. The Labute approximate surface area is 191 Å². The lowest BCUT2D eigenvalue weighted by Crippen LogP contribution is -2.49. The van der Waals surface area contributed by atoms with Crippen molar-refractivity contribution in [3.63, 3.8) is 0 Å². The molecule has 32 heavy (non-hydrogen) atoms. The molecule has 1 aliphatic rings. The monoisotopic (exact) mass is 428 g/mol. The van der Waals surface area contributed by atoms with Crippen LogP contribution in [0.25, 0.3) is 0 Å². The van der Waals surface area contributed by atoms with Gasteiger partial charge in [-0.15, -0.1) is 0 Å². The van der Waals surface area contributed by atoms with E-state index in [1.165, 1.54) is 11.1 Å². The molecular weight excluding hydrogens is 396 g/mol. The lowest BCUT2D eigenvalue weighted by Gasteiger charge is -2.39. The zero-order valence-corrected chi connectivity index (χ0v) is 19.0. The maximum Gasteiger partial charge on any atom is 0.253 e. The van der Waals surface area contributed by atoms with Gasteiger partial charge in [-0.05, 0) is 41.3 Å². The summed E-state index contributed by atoms with van der Waals surface area (Å²) in [5, 5.41) is 0. The maximum atomic E-state index is 13.1. The van der Waals surface area contributed by atoms with E-state index in [0.29, 0.717) is 12.5 Å². The quantitative estimate of drug-likeness (QED) is 0.514. The van der Waals surface area contributed by atoms with E-state index >= 15 is 0 Å². The highest BCUT2D eigenvalue weighted by Crippen LogP contribution is 2.29. The number of hydrogen-bond donors (Lipinski definition) is 0. The fourth-order valence-electron chi connectivity index (χ4n) is 4.21. The molecule has 0 spiro atoms. The van der Waals surface area contributed by atoms with Crippen molar-refractivity contribution in [3.05, 3.63) is 102 Å². The Morgan fingerprint density at radius 3 is 1.81 bits per heavy atom. The molecule has 1 aliphatic heterocycles. The summed E-state index contributed by atoms with van der Waals surface area (Å²) >= 11 is 0. The first-order chi connectivity index (χ1) is 15.6. The summed E-state index contributed by atoms with van der Waals surface area (Å²) in [6.07, 6.45) is 0. The third kappa shape index (κ3) is 5.38. The summed E-state index contributed by atoms with van der Waals surface area (Å²) in [4.78, 5) is 17.5. The lowest BCUT2D eigenvalue weighted by atomic mass is 9.96. The Morgan fingerprint density at radius 1 is 0.781 bits per heavy atom. The van der Waals surface area contributed by atoms with Crippen LogP contribution in [-0.4, -0.2) is 48.5 Å². The number of ether oxygens (including phenoxy) is 1. The Kier molecular flexibility index (Phi) is 7.23. The van der Waals surface area contributed by atoms with Crippen LogP contribution in [0.15, 0.2) is 84.9 Å². The van der Waals surface area contributed by atoms with Crippen molar-refractivity contribution in [1.82, 2.24) is 9.80 Å². The average molecular weight is 429 g/mol. The molecule has 0 aliphatic carbocycles. The number of piperazine rings is 1. The number of amides is 1. The fraction of sp³-hybridized carbons (Fsp3) is 0.321. The highest BCUT2D eigenvalue weighted by molar-refractivity contribution is 5.94. The summed E-state index contributed by atoms with van der Waals surface area (Å²) in [5.41, 5.74) is 3.30. The van der Waals surface area contributed by atoms with Gasteiger partial charge in [0.15, 0.2) is 0 Å². The molecule has 4 heteroatoms. The van der Waals surface area contributed by atoms with E-state index in [1.807, 2.05) is 29.2 Å². The molecule has 1 saturated heterocycles. The van der Waals surface area contributed by atoms with Gasteiger partial charge >= 0.3 is 0 Å². The molecule has 3 aromatic rings. The van der Waals surface area contributed by atoms with Crippen molar-refractivity contribution in [2.75, 3.05) is 32.8 Å². The highest BCUT2D eigenvalue weighted by Gasteiger charge is 2.28. The van der Waals surface area contributed by atoms with Crippen LogP contribution in [0, 0.1) is 5.92 Å². The summed E-state index contributed by atoms with van der Waals surface area (Å²) in [7, 11) is 0. The smallest absolute Gasteiger partial charge is 0.253 e. The number of hydrogen-bond acceptors (Lipinski definition) is 3. The van der Waals surface area contributed by atoms with Crippen LogP contribution in [0.4, 0.5) is 0 Å². The maximum absolute atomic E-state index is 13.1. The molecule has 0 radical (unpaired) electrons. The van der Waals surface area contributed by atoms with Gasteiger partial charge < -0.3 is 9.64 Å². The molecule has 4 rings (SSSR count). The van der Waals surface area contributed by atoms with Crippen molar-refractivity contribution >= 4 is 5.91 Å². The van der Waals surface area contributed by atoms with Crippen molar-refractivity contribution in [3.8, 4) is 5.75 Å². The molecule has 0 saturated carbocycles. The van der Waals surface area contributed by atoms with Crippen molar-refractivity contribution in [2.24, 2.45) is 5.92 Å². The van der Waals surface area contributed by atoms with Gasteiger partial charge in [-0.3, -0.25) is 9.69 Å². The number of benzene rings is 3. The molecule has 0 bridgehead atoms. The standard InChI is InChI=1S/C28H32N2O2/c1-22(2)21-32-26-15-13-25(14-16-26)28(31)30-19-17-29(18-20-30)27(23-9-5-3-6-10-23)24-11-7-4-8-12-24/h3-16,22,27H,17-21H2,1-2H3. The average Bonchev–Trinajstić information content (AvgIpc) is 2.85. The van der Waals surface area contributed by atoms with Gasteiger partial charge in [-0.25, -0.2) is 0 Å². The van der Waals surface area contributed by atoms with E-state index in [2.05, 4.69) is 79.4 Å². The molecule has 1 heterocycles. The van der Waals surface area contributed by atoms with E-state index in [1.54, 1.807) is 0 Å². The first kappa shape index (κ1) is 22.1. The predicted molar refractivity (Wildman–Crippen MR) is 129 cm³/mol. The van der Waals surface area contributed by atoms with Gasteiger partial charge in [0.1, 0.15) is 5.75 Å². The van der Waals surface area contributed by atoms with Crippen LogP contribution in [0.5, 0.6) is 5.75 Å². The van der Waals surface area contributed by atoms with E-state index in [9.17, 15) is 4.79 Å². The zero-order valence-electron chi connectivity index (χ0n) is 19.0. The van der Waals surface area contributed by atoms with Crippen LogP contribution >= 0.6 is 0 Å². The van der Waals surface area contributed by atoms with Gasteiger partial charge in [0.2, 0.25) is 0 Å². The molecule has 1 amide bonds. The minimum Gasteiger partial charge on any atom is -0.493 e. The predicted octanol–water partition coefficient (Wildman–Crippen LogP) is 5.27. The molecule has 0 N–H and O–H groups in total. The Bertz CT molecular complexity index is 939. The zero-order chi connectivity index (χ0) is 22.3. The summed E-state index contributed by atoms with van der Waals surface area (Å²) < 4.78 is 5.74. The van der Waals surface area contributed by atoms with Crippen molar-refractivity contribution in [1.29, 1.82) is 0 Å². The highest BCUT2D eigenvalue weighted by atomic mass is 16.5. The second-order valence-electron chi connectivity index (χ2n) is 8.78. The van der Waals surface area contributed by atoms with Crippen LogP contribution in [-0.2, 0) is 0 Å². The van der Waals surface area contributed by atoms with Gasteiger partial charge in [-0.2, -0.15) is 0 Å². The van der Waals surface area contributed by atoms with Gasteiger partial charge in [0.05, 0.1) is 12.6 Å². The van der Waals surface area contributed by atoms with Crippen LogP contribution in [0.2, 0.25) is 0 Å². The van der Waals surface area contributed by atoms with Gasteiger partial charge in [0.25, 0.3) is 5.91 Å². The topological polar surface area (TPSA) is 32.8 Å². The van der Waals surface area contributed by atoms with Crippen LogP contribution < -0.4 is 4.74 Å². The number of carbonyl (C=O) groups is 1. The first-order valence-corrected chi connectivity index (χ1v) is 11.5. The van der Waals surface area contributed by atoms with Gasteiger partial charge in [0, 0.05) is 31.7 Å². The molecule has 4 nitrogen and oxygen atoms in total. The Balaban J connectivity index is 1.42. The van der Waals surface area contributed by atoms with Crippen molar-refractivity contribution in [2.45, 2.75) is 19.9 Å². The second kappa shape index (κ2) is 10.5. The third-order valence-corrected chi connectivity index (χ3v) is 5.88. The molecule has 0 atom stereocenters. The Morgan fingerprint density at radius 2 is 1.31 bits per heavy atom. The minimum absolute atomic E-state index is 0.0935. The number of carbonyl (C=O) groups excluding carboxylic acids is 1. The molecule has 3 aromatic carbocycles. The Hall–Kier alpha value is -3.11. The minimum atomic E-state index is 0.0935. The van der Waals surface area contributed by atoms with Gasteiger partial charge in [-0.1, -0.05) is 74.5 Å². The SMILES string of the molecule is CC(C)COc1ccc(C(=O)N2CCN(C(c3ccccc3)c3ccccc3)CC2)cc1. The fourth-order valence-corrected chi connectivity index (χ4v) is 4.21. The van der Waals surface area contributed by atoms with E-state index in [0.717, 1.165) is 37.5 Å². The van der Waals surface area contributed by atoms with Crippen molar-refractivity contribution < 1.29 is 9.53 Å². The van der Waals surface area contributed by atoms with E-state index in [-0.39, 0.29) is 11.9 Å². The summed E-state index contributed by atoms with van der Waals surface area (Å²) in [5.74, 6) is 1.38. The molecule has 0 unspecified atom stereocenters. The number of nitrogens with zero attached hydrogens (tertiary/aromatic N) is 2. The van der Waals surface area contributed by atoms with E-state index < -0.39 is 0 Å². The van der Waals surface area contributed by atoms with Crippen LogP contribution in [0.1, 0.15) is 41.4 Å². The normalized spacial score (nSPS) is 14.7. The molecular formula is C28H32N2O2. The first-order valence-electron chi connectivity index (χ1n) is 11.5. The second-order valence-corrected chi connectivity index (χ2v) is 8.78. The third-order valence-electron chi connectivity index (χ3n) is 5.88. The molecule has 1 fully saturated rings. The lowest BCUT2D eigenvalue weighted by molar-refractivity contribution is 0.0597. The molecule has 166 valence electrons. The summed E-state index contributed by atoms with van der Waals surface area (Å²) in [6, 6.07) is 29.0. The molecule has 0 aromatic heterocycles. The number of rotatable bonds is 7. The van der Waals surface area contributed by atoms with E-state index in [4.69, 9.17) is 4.74 Å². The largest absolute Gasteiger partial charge is 0.493 e. The van der Waals surface area contributed by atoms with Crippen LogP contribution in [0.3, 0.4) is 0 Å².